The summed E-state index contributed by atoms with van der Waals surface area (Å²) in [6.07, 6.45) is -3.03. The maximum Gasteiger partial charge on any atom is 0.435 e. The van der Waals surface area contributed by atoms with Gasteiger partial charge >= 0.3 is 6.18 Å². The molecule has 0 aliphatic heterocycles. The first-order valence-electron chi connectivity index (χ1n) is 13.2. The van der Waals surface area contributed by atoms with E-state index in [9.17, 15) is 35.9 Å². The molecule has 43 heavy (non-hydrogen) atoms. The minimum absolute atomic E-state index is 0.148. The van der Waals surface area contributed by atoms with E-state index in [1.165, 1.54) is 18.3 Å². The van der Waals surface area contributed by atoms with Gasteiger partial charge in [-0.15, -0.1) is 0 Å². The minimum atomic E-state index is -4.73. The summed E-state index contributed by atoms with van der Waals surface area (Å²) in [6, 6.07) is 9.38. The average Bonchev–Trinajstić information content (AvgIpc) is 3.36. The third-order valence-corrected chi connectivity index (χ3v) is 6.92. The Bertz CT molecular complexity index is 1630. The molecule has 4 rings (SSSR count). The standard InChI is InChI=1S/C30H27F6N5O2/c1-3-16(2)25-14-26(30(34,35)36)40-41(25)15-27(42)39-24(11-17-9-19(31)13-20(32)10-17)28-21(5-4-8-38-28)18-6-7-23(33)22(12-18)29(37)43/h4-10,12-14,16,24H,3,11,15H2,1-2H3,(H2,37,43)(H,39,42). The second-order valence-electron chi connectivity index (χ2n) is 10.0. The molecule has 0 saturated heterocycles. The van der Waals surface area contributed by atoms with Crippen molar-refractivity contribution in [2.75, 3.05) is 0 Å². The number of nitrogens with two attached hydrogens (primary N) is 1. The third-order valence-electron chi connectivity index (χ3n) is 6.92. The highest BCUT2D eigenvalue weighted by Gasteiger charge is 2.36. The van der Waals surface area contributed by atoms with Crippen molar-refractivity contribution in [3.05, 3.63) is 106 Å². The molecule has 4 aromatic rings. The number of rotatable bonds is 10. The number of nitrogens with zero attached hydrogens (tertiary/aromatic N) is 3. The summed E-state index contributed by atoms with van der Waals surface area (Å²) in [5.41, 5.74) is 4.95. The maximum atomic E-state index is 14.2. The van der Waals surface area contributed by atoms with E-state index >= 15 is 0 Å². The van der Waals surface area contributed by atoms with E-state index in [0.29, 0.717) is 23.6 Å². The molecular formula is C30H27F6N5O2. The molecule has 2 aromatic carbocycles. The van der Waals surface area contributed by atoms with E-state index in [4.69, 9.17) is 5.73 Å². The molecular weight excluding hydrogens is 576 g/mol. The summed E-state index contributed by atoms with van der Waals surface area (Å²) in [5, 5.41) is 6.32. The van der Waals surface area contributed by atoms with E-state index in [1.807, 2.05) is 0 Å². The zero-order valence-electron chi connectivity index (χ0n) is 23.1. The average molecular weight is 604 g/mol. The van der Waals surface area contributed by atoms with E-state index in [2.05, 4.69) is 15.4 Å². The predicted molar refractivity (Wildman–Crippen MR) is 145 cm³/mol. The number of benzene rings is 2. The molecule has 0 radical (unpaired) electrons. The Morgan fingerprint density at radius 1 is 1.02 bits per heavy atom. The van der Waals surface area contributed by atoms with E-state index in [-0.39, 0.29) is 29.3 Å². The van der Waals surface area contributed by atoms with Gasteiger partial charge in [0.15, 0.2) is 5.69 Å². The number of nitrogens with one attached hydrogen (secondary N) is 1. The van der Waals surface area contributed by atoms with Crippen LogP contribution >= 0.6 is 0 Å². The SMILES string of the molecule is CCC(C)c1cc(C(F)(F)F)nn1CC(=O)NC(Cc1cc(F)cc(F)c1)c1ncccc1-c1ccc(F)c(C(N)=O)c1. The van der Waals surface area contributed by atoms with Gasteiger partial charge in [0.05, 0.1) is 17.3 Å². The Morgan fingerprint density at radius 2 is 1.72 bits per heavy atom. The molecule has 0 fully saturated rings. The molecule has 2 unspecified atom stereocenters. The van der Waals surface area contributed by atoms with Crippen LogP contribution < -0.4 is 11.1 Å². The molecule has 2 amide bonds. The van der Waals surface area contributed by atoms with Gasteiger partial charge < -0.3 is 11.1 Å². The van der Waals surface area contributed by atoms with Crippen molar-refractivity contribution < 1.29 is 35.9 Å². The number of alkyl halides is 3. The number of primary amides is 1. The van der Waals surface area contributed by atoms with Gasteiger partial charge in [-0.05, 0) is 66.3 Å². The molecule has 226 valence electrons. The van der Waals surface area contributed by atoms with Gasteiger partial charge in [-0.1, -0.05) is 26.0 Å². The lowest BCUT2D eigenvalue weighted by atomic mass is 9.94. The number of halogens is 6. The van der Waals surface area contributed by atoms with Crippen LogP contribution in [0.5, 0.6) is 0 Å². The highest BCUT2D eigenvalue weighted by atomic mass is 19.4. The van der Waals surface area contributed by atoms with Crippen LogP contribution in [-0.4, -0.2) is 26.6 Å². The lowest BCUT2D eigenvalue weighted by Crippen LogP contribution is -2.34. The summed E-state index contributed by atoms with van der Waals surface area (Å²) in [4.78, 5) is 29.5. The zero-order chi connectivity index (χ0) is 31.5. The fourth-order valence-corrected chi connectivity index (χ4v) is 4.68. The molecule has 0 saturated carbocycles. The van der Waals surface area contributed by atoms with Crippen molar-refractivity contribution in [1.82, 2.24) is 20.1 Å². The quantitative estimate of drug-likeness (QED) is 0.214. The van der Waals surface area contributed by atoms with Crippen molar-refractivity contribution in [1.29, 1.82) is 0 Å². The van der Waals surface area contributed by atoms with Crippen LogP contribution in [0.15, 0.2) is 60.8 Å². The Hall–Kier alpha value is -4.68. The largest absolute Gasteiger partial charge is 0.435 e. The highest BCUT2D eigenvalue weighted by molar-refractivity contribution is 5.94. The number of aromatic nitrogens is 3. The Morgan fingerprint density at radius 3 is 2.35 bits per heavy atom. The van der Waals surface area contributed by atoms with E-state index in [1.54, 1.807) is 26.0 Å². The zero-order valence-corrected chi connectivity index (χ0v) is 23.1. The minimum Gasteiger partial charge on any atom is -0.366 e. The van der Waals surface area contributed by atoms with Gasteiger partial charge in [0.2, 0.25) is 5.91 Å². The summed E-state index contributed by atoms with van der Waals surface area (Å²) in [7, 11) is 0. The highest BCUT2D eigenvalue weighted by Crippen LogP contribution is 2.32. The Kier molecular flexibility index (Phi) is 9.22. The number of pyridine rings is 1. The first kappa shape index (κ1) is 31.3. The molecule has 2 atom stereocenters. The topological polar surface area (TPSA) is 103 Å². The third kappa shape index (κ3) is 7.40. The van der Waals surface area contributed by atoms with Gasteiger partial charge in [0, 0.05) is 23.5 Å². The molecule has 7 nitrogen and oxygen atoms in total. The molecule has 0 aliphatic rings. The van der Waals surface area contributed by atoms with Gasteiger partial charge in [0.1, 0.15) is 24.0 Å². The van der Waals surface area contributed by atoms with Crippen LogP contribution in [0.1, 0.15) is 65.2 Å². The van der Waals surface area contributed by atoms with Gasteiger partial charge in [-0.25, -0.2) is 13.2 Å². The second-order valence-corrected chi connectivity index (χ2v) is 10.0. The Balaban J connectivity index is 1.75. The molecule has 0 spiro atoms. The van der Waals surface area contributed by atoms with Crippen molar-refractivity contribution in [2.24, 2.45) is 5.73 Å². The number of carbonyl (C=O) groups is 2. The van der Waals surface area contributed by atoms with Crippen molar-refractivity contribution in [3.63, 3.8) is 0 Å². The number of carbonyl (C=O) groups excluding carboxylic acids is 2. The Labute approximate surface area is 242 Å². The first-order chi connectivity index (χ1) is 20.3. The van der Waals surface area contributed by atoms with Gasteiger partial charge in [0.25, 0.3) is 5.91 Å². The van der Waals surface area contributed by atoms with Crippen LogP contribution in [0.2, 0.25) is 0 Å². The normalized spacial score (nSPS) is 13.0. The number of hydrogen-bond acceptors (Lipinski definition) is 4. The van der Waals surface area contributed by atoms with Crippen LogP contribution in [0.3, 0.4) is 0 Å². The summed E-state index contributed by atoms with van der Waals surface area (Å²) >= 11 is 0. The second kappa shape index (κ2) is 12.7. The summed E-state index contributed by atoms with van der Waals surface area (Å²) in [6.45, 7) is 2.90. The monoisotopic (exact) mass is 603 g/mol. The molecule has 0 bridgehead atoms. The van der Waals surface area contributed by atoms with E-state index < -0.39 is 59.3 Å². The molecule has 2 aromatic heterocycles. The molecule has 2 heterocycles. The summed E-state index contributed by atoms with van der Waals surface area (Å²) in [5.74, 6) is -4.68. The number of amides is 2. The fourth-order valence-electron chi connectivity index (χ4n) is 4.68. The van der Waals surface area contributed by atoms with Crippen LogP contribution in [0.4, 0.5) is 26.3 Å². The maximum absolute atomic E-state index is 14.2. The fraction of sp³-hybridized carbons (Fsp3) is 0.267. The smallest absolute Gasteiger partial charge is 0.366 e. The molecule has 0 aliphatic carbocycles. The van der Waals surface area contributed by atoms with Crippen LogP contribution in [0.25, 0.3) is 11.1 Å². The van der Waals surface area contributed by atoms with E-state index in [0.717, 1.165) is 28.9 Å². The van der Waals surface area contributed by atoms with Crippen molar-refractivity contribution in [3.8, 4) is 11.1 Å². The molecule has 3 N–H and O–H groups in total. The number of hydrogen-bond donors (Lipinski definition) is 2. The molecule has 13 heteroatoms. The van der Waals surface area contributed by atoms with Crippen LogP contribution in [-0.2, 0) is 23.9 Å². The van der Waals surface area contributed by atoms with Crippen LogP contribution in [0, 0.1) is 17.5 Å². The first-order valence-corrected chi connectivity index (χ1v) is 13.2. The van der Waals surface area contributed by atoms with Crippen molar-refractivity contribution >= 4 is 11.8 Å². The lowest BCUT2D eigenvalue weighted by molar-refractivity contribution is -0.141. The predicted octanol–water partition coefficient (Wildman–Crippen LogP) is 6.09. The summed E-state index contributed by atoms with van der Waals surface area (Å²) < 4.78 is 83.6. The van der Waals surface area contributed by atoms with Gasteiger partial charge in [-0.2, -0.15) is 18.3 Å². The van der Waals surface area contributed by atoms with Gasteiger partial charge in [-0.3, -0.25) is 19.3 Å². The lowest BCUT2D eigenvalue weighted by Gasteiger charge is -2.22. The van der Waals surface area contributed by atoms with Crippen molar-refractivity contribution in [2.45, 2.75) is 51.4 Å².